The highest BCUT2D eigenvalue weighted by molar-refractivity contribution is 6.03. The normalized spacial score (nSPS) is 13.8. The van der Waals surface area contributed by atoms with E-state index < -0.39 is 11.7 Å². The van der Waals surface area contributed by atoms with Gasteiger partial charge in [0.15, 0.2) is 0 Å². The minimum absolute atomic E-state index is 0.251. The highest BCUT2D eigenvalue weighted by atomic mass is 19.1. The summed E-state index contributed by atoms with van der Waals surface area (Å²) >= 11 is 0. The summed E-state index contributed by atoms with van der Waals surface area (Å²) in [6.07, 6.45) is 1.61. The summed E-state index contributed by atoms with van der Waals surface area (Å²) < 4.78 is 18.7. The zero-order valence-electron chi connectivity index (χ0n) is 15.8. The highest BCUT2D eigenvalue weighted by Crippen LogP contribution is 2.29. The van der Waals surface area contributed by atoms with E-state index in [1.807, 2.05) is 18.2 Å². The van der Waals surface area contributed by atoms with E-state index in [1.54, 1.807) is 24.4 Å². The number of rotatable bonds is 5. The van der Waals surface area contributed by atoms with E-state index in [2.05, 4.69) is 26.6 Å². The van der Waals surface area contributed by atoms with Crippen LogP contribution < -0.4 is 15.5 Å². The van der Waals surface area contributed by atoms with Crippen LogP contribution in [-0.4, -0.2) is 37.2 Å². The number of carbonyl (C=O) groups is 1. The number of amides is 1. The number of hydrogen-bond acceptors (Lipinski definition) is 5. The lowest BCUT2D eigenvalue weighted by Gasteiger charge is -2.30. The van der Waals surface area contributed by atoms with E-state index in [9.17, 15) is 9.18 Å². The molecule has 2 heterocycles. The van der Waals surface area contributed by atoms with Crippen molar-refractivity contribution < 1.29 is 13.9 Å². The molecule has 1 aromatic heterocycles. The molecule has 148 valence electrons. The Kier molecular flexibility index (Phi) is 5.67. The Morgan fingerprint density at radius 2 is 1.83 bits per heavy atom. The molecule has 7 heteroatoms. The van der Waals surface area contributed by atoms with Crippen molar-refractivity contribution in [3.63, 3.8) is 0 Å². The average molecular weight is 392 g/mol. The number of morpholine rings is 1. The first kappa shape index (κ1) is 18.9. The van der Waals surface area contributed by atoms with Crippen molar-refractivity contribution in [2.24, 2.45) is 0 Å². The fourth-order valence-corrected chi connectivity index (χ4v) is 3.18. The molecule has 4 rings (SSSR count). The van der Waals surface area contributed by atoms with Gasteiger partial charge in [0.2, 0.25) is 0 Å². The zero-order valence-corrected chi connectivity index (χ0v) is 15.8. The first-order valence-corrected chi connectivity index (χ1v) is 9.41. The van der Waals surface area contributed by atoms with Gasteiger partial charge in [-0.1, -0.05) is 18.2 Å². The molecule has 3 aromatic rings. The summed E-state index contributed by atoms with van der Waals surface area (Å²) in [5.41, 5.74) is 3.48. The molecule has 1 aliphatic heterocycles. The van der Waals surface area contributed by atoms with Gasteiger partial charge in [0.1, 0.15) is 11.5 Å². The van der Waals surface area contributed by atoms with Crippen LogP contribution in [0.15, 0.2) is 66.9 Å². The van der Waals surface area contributed by atoms with Gasteiger partial charge in [-0.05, 0) is 42.5 Å². The predicted molar refractivity (Wildman–Crippen MR) is 111 cm³/mol. The molecule has 0 unspecified atom stereocenters. The molecule has 2 aromatic carbocycles. The second-order valence-electron chi connectivity index (χ2n) is 6.64. The van der Waals surface area contributed by atoms with Crippen LogP contribution in [0.3, 0.4) is 0 Å². The van der Waals surface area contributed by atoms with E-state index in [4.69, 9.17) is 4.74 Å². The van der Waals surface area contributed by atoms with Crippen LogP contribution in [-0.2, 0) is 4.74 Å². The number of nitrogens with one attached hydrogen (secondary N) is 2. The van der Waals surface area contributed by atoms with Gasteiger partial charge >= 0.3 is 0 Å². The number of nitrogens with zero attached hydrogens (tertiary/aromatic N) is 2. The minimum Gasteiger partial charge on any atom is -0.378 e. The summed E-state index contributed by atoms with van der Waals surface area (Å²) in [4.78, 5) is 18.8. The maximum atomic E-state index is 13.3. The van der Waals surface area contributed by atoms with Crippen molar-refractivity contribution in [3.8, 4) is 0 Å². The first-order chi connectivity index (χ1) is 14.2. The summed E-state index contributed by atoms with van der Waals surface area (Å²) in [7, 11) is 0. The fraction of sp³-hybridized carbons (Fsp3) is 0.182. The largest absolute Gasteiger partial charge is 0.378 e. The van der Waals surface area contributed by atoms with Gasteiger partial charge in [-0.15, -0.1) is 0 Å². The molecule has 1 aliphatic rings. The zero-order chi connectivity index (χ0) is 20.1. The maximum absolute atomic E-state index is 13.3. The predicted octanol–water partition coefficient (Wildman–Crippen LogP) is 4.05. The van der Waals surface area contributed by atoms with Crippen molar-refractivity contribution in [1.29, 1.82) is 0 Å². The second kappa shape index (κ2) is 8.70. The van der Waals surface area contributed by atoms with Gasteiger partial charge in [0.05, 0.1) is 36.5 Å². The van der Waals surface area contributed by atoms with E-state index in [0.717, 1.165) is 30.2 Å². The Bertz CT molecular complexity index is 988. The van der Waals surface area contributed by atoms with Gasteiger partial charge in [-0.2, -0.15) is 0 Å². The smallest absolute Gasteiger partial charge is 0.274 e. The Balaban J connectivity index is 1.45. The van der Waals surface area contributed by atoms with Crippen LogP contribution in [0.4, 0.5) is 27.1 Å². The summed E-state index contributed by atoms with van der Waals surface area (Å²) in [6.45, 7) is 3.11. The number of anilines is 4. The van der Waals surface area contributed by atoms with Crippen molar-refractivity contribution in [3.05, 3.63) is 78.4 Å². The number of aromatic nitrogens is 1. The summed E-state index contributed by atoms with van der Waals surface area (Å²) in [5.74, 6) is -0.801. The molecule has 1 amide bonds. The lowest BCUT2D eigenvalue weighted by molar-refractivity contribution is 0.102. The molecule has 0 aliphatic carbocycles. The van der Waals surface area contributed by atoms with Crippen molar-refractivity contribution in [2.75, 3.05) is 41.8 Å². The maximum Gasteiger partial charge on any atom is 0.274 e. The molecule has 0 bridgehead atoms. The molecular formula is C22H21FN4O2. The SMILES string of the molecule is O=C(Nc1cccc(F)c1)c1ccc(Nc2ccccc2N2CCOCC2)cn1. The molecule has 0 radical (unpaired) electrons. The number of carbonyl (C=O) groups excluding carboxylic acids is 1. The third kappa shape index (κ3) is 4.70. The van der Waals surface area contributed by atoms with Crippen LogP contribution in [0.2, 0.25) is 0 Å². The Labute approximate surface area is 168 Å². The van der Waals surface area contributed by atoms with Crippen LogP contribution in [0.25, 0.3) is 0 Å². The summed E-state index contributed by atoms with van der Waals surface area (Å²) in [5, 5.41) is 6.01. The van der Waals surface area contributed by atoms with Crippen LogP contribution >= 0.6 is 0 Å². The van der Waals surface area contributed by atoms with E-state index in [-0.39, 0.29) is 5.69 Å². The second-order valence-corrected chi connectivity index (χ2v) is 6.64. The van der Waals surface area contributed by atoms with Crippen LogP contribution in [0, 0.1) is 5.82 Å². The lowest BCUT2D eigenvalue weighted by Crippen LogP contribution is -2.36. The Morgan fingerprint density at radius 3 is 2.59 bits per heavy atom. The molecule has 2 N–H and O–H groups in total. The molecule has 6 nitrogen and oxygen atoms in total. The quantitative estimate of drug-likeness (QED) is 0.686. The van der Waals surface area contributed by atoms with Crippen LogP contribution in [0.5, 0.6) is 0 Å². The number of benzene rings is 2. The fourth-order valence-electron chi connectivity index (χ4n) is 3.18. The standard InChI is InChI=1S/C22H21FN4O2/c23-16-4-3-5-17(14-16)26-22(28)20-9-8-18(15-24-20)25-19-6-1-2-7-21(19)27-10-12-29-13-11-27/h1-9,14-15,25H,10-13H2,(H,26,28). The van der Waals surface area contributed by atoms with E-state index in [0.29, 0.717) is 18.9 Å². The van der Waals surface area contributed by atoms with Crippen molar-refractivity contribution >= 4 is 28.7 Å². The minimum atomic E-state index is -0.408. The number of halogens is 1. The van der Waals surface area contributed by atoms with E-state index in [1.165, 1.54) is 18.2 Å². The highest BCUT2D eigenvalue weighted by Gasteiger charge is 2.15. The third-order valence-corrected chi connectivity index (χ3v) is 4.61. The molecule has 0 saturated carbocycles. The Hall–Kier alpha value is -3.45. The third-order valence-electron chi connectivity index (χ3n) is 4.61. The van der Waals surface area contributed by atoms with Crippen LogP contribution in [0.1, 0.15) is 10.5 Å². The molecular weight excluding hydrogens is 371 g/mol. The number of pyridine rings is 1. The summed E-state index contributed by atoms with van der Waals surface area (Å²) in [6, 6.07) is 17.2. The monoisotopic (exact) mass is 392 g/mol. The molecule has 1 saturated heterocycles. The van der Waals surface area contributed by atoms with Gasteiger partial charge in [-0.25, -0.2) is 9.37 Å². The van der Waals surface area contributed by atoms with E-state index >= 15 is 0 Å². The van der Waals surface area contributed by atoms with Gasteiger partial charge in [0, 0.05) is 18.8 Å². The molecule has 0 atom stereocenters. The number of hydrogen-bond donors (Lipinski definition) is 2. The van der Waals surface area contributed by atoms with Gasteiger partial charge in [-0.3, -0.25) is 4.79 Å². The molecule has 1 fully saturated rings. The topological polar surface area (TPSA) is 66.5 Å². The molecule has 0 spiro atoms. The average Bonchev–Trinajstić information content (AvgIpc) is 2.75. The lowest BCUT2D eigenvalue weighted by atomic mass is 10.2. The van der Waals surface area contributed by atoms with Gasteiger partial charge < -0.3 is 20.3 Å². The number of para-hydroxylation sites is 2. The molecule has 29 heavy (non-hydrogen) atoms. The van der Waals surface area contributed by atoms with Crippen molar-refractivity contribution in [2.45, 2.75) is 0 Å². The Morgan fingerprint density at radius 1 is 1.00 bits per heavy atom. The van der Waals surface area contributed by atoms with Gasteiger partial charge in [0.25, 0.3) is 5.91 Å². The van der Waals surface area contributed by atoms with Crippen molar-refractivity contribution in [1.82, 2.24) is 4.98 Å². The number of ether oxygens (including phenoxy) is 1. The first-order valence-electron chi connectivity index (χ1n) is 9.41.